The molecule has 0 aromatic carbocycles. The second-order valence-electron chi connectivity index (χ2n) is 3.76. The summed E-state index contributed by atoms with van der Waals surface area (Å²) in [6.07, 6.45) is 1.45. The van der Waals surface area contributed by atoms with Crippen LogP contribution in [-0.2, 0) is 9.59 Å². The molecule has 3 nitrogen and oxygen atoms in total. The van der Waals surface area contributed by atoms with Crippen molar-refractivity contribution in [1.29, 1.82) is 0 Å². The summed E-state index contributed by atoms with van der Waals surface area (Å²) >= 11 is 0. The van der Waals surface area contributed by atoms with Gasteiger partial charge in [0.05, 0.1) is 6.04 Å². The number of carbonyl (C=O) groups is 2. The molecule has 0 N–H and O–H groups in total. The first kappa shape index (κ1) is 10.2. The Bertz CT molecular complexity index is 225. The van der Waals surface area contributed by atoms with Crippen molar-refractivity contribution in [2.75, 3.05) is 6.54 Å². The zero-order valence-corrected chi connectivity index (χ0v) is 8.54. The summed E-state index contributed by atoms with van der Waals surface area (Å²) in [4.78, 5) is 24.5. The van der Waals surface area contributed by atoms with Crippen LogP contribution in [0, 0.1) is 5.92 Å². The Morgan fingerprint density at radius 2 is 2.08 bits per heavy atom. The molecule has 0 bridgehead atoms. The van der Waals surface area contributed by atoms with Crippen molar-refractivity contribution in [2.24, 2.45) is 5.92 Å². The van der Waals surface area contributed by atoms with E-state index in [1.165, 1.54) is 0 Å². The van der Waals surface area contributed by atoms with Gasteiger partial charge < -0.3 is 4.90 Å². The van der Waals surface area contributed by atoms with Crippen LogP contribution in [0.4, 0.5) is 0 Å². The lowest BCUT2D eigenvalue weighted by molar-refractivity contribution is -0.137. The fourth-order valence-corrected chi connectivity index (χ4v) is 2.05. The van der Waals surface area contributed by atoms with Crippen molar-refractivity contribution < 1.29 is 9.59 Å². The highest BCUT2D eigenvalue weighted by Crippen LogP contribution is 2.24. The van der Waals surface area contributed by atoms with Crippen molar-refractivity contribution in [3.8, 4) is 0 Å². The Hall–Kier alpha value is -0.860. The molecule has 1 amide bonds. The minimum atomic E-state index is -0.160. The number of ketones is 1. The van der Waals surface area contributed by atoms with E-state index in [0.717, 1.165) is 13.0 Å². The molecule has 2 unspecified atom stereocenters. The monoisotopic (exact) mass is 183 g/mol. The van der Waals surface area contributed by atoms with Gasteiger partial charge in [0.25, 0.3) is 0 Å². The van der Waals surface area contributed by atoms with Gasteiger partial charge in [-0.15, -0.1) is 0 Å². The van der Waals surface area contributed by atoms with E-state index < -0.39 is 0 Å². The third-order valence-electron chi connectivity index (χ3n) is 2.74. The molecular weight excluding hydrogens is 166 g/mol. The maximum absolute atomic E-state index is 11.4. The zero-order valence-electron chi connectivity index (χ0n) is 8.54. The van der Waals surface area contributed by atoms with Gasteiger partial charge in [0.15, 0.2) is 5.78 Å². The summed E-state index contributed by atoms with van der Waals surface area (Å²) in [5.41, 5.74) is 0. The lowest BCUT2D eigenvalue weighted by atomic mass is 10.00. The molecule has 3 heteroatoms. The first-order chi connectivity index (χ1) is 6.07. The Morgan fingerprint density at radius 3 is 2.54 bits per heavy atom. The van der Waals surface area contributed by atoms with E-state index in [9.17, 15) is 9.59 Å². The van der Waals surface area contributed by atoms with Gasteiger partial charge in [-0.2, -0.15) is 0 Å². The van der Waals surface area contributed by atoms with E-state index in [1.54, 1.807) is 11.8 Å². The van der Waals surface area contributed by atoms with Crippen molar-refractivity contribution in [3.05, 3.63) is 0 Å². The second-order valence-corrected chi connectivity index (χ2v) is 3.76. The van der Waals surface area contributed by atoms with E-state index >= 15 is 0 Å². The topological polar surface area (TPSA) is 37.4 Å². The molecule has 0 saturated carbocycles. The molecule has 1 saturated heterocycles. The smallest absolute Gasteiger partial charge is 0.222 e. The molecule has 0 spiro atoms. The van der Waals surface area contributed by atoms with Crippen LogP contribution >= 0.6 is 0 Å². The number of nitrogens with zero attached hydrogens (tertiary/aromatic N) is 1. The number of hydrogen-bond acceptors (Lipinski definition) is 2. The molecule has 1 aliphatic rings. The standard InChI is InChI=1S/C10H17NO2/c1-4-9(13)11-6-5-7(2)10(11)8(3)12/h7,10H,4-6H2,1-3H3. The maximum Gasteiger partial charge on any atom is 0.222 e. The Kier molecular flexibility index (Phi) is 3.07. The van der Waals surface area contributed by atoms with Crippen molar-refractivity contribution >= 4 is 11.7 Å². The summed E-state index contributed by atoms with van der Waals surface area (Å²) in [5, 5.41) is 0. The van der Waals surface area contributed by atoms with Gasteiger partial charge in [-0.25, -0.2) is 0 Å². The van der Waals surface area contributed by atoms with Crippen molar-refractivity contribution in [3.63, 3.8) is 0 Å². The van der Waals surface area contributed by atoms with Crippen LogP contribution in [0.5, 0.6) is 0 Å². The van der Waals surface area contributed by atoms with Crippen LogP contribution in [0.2, 0.25) is 0 Å². The molecule has 0 aromatic rings. The fraction of sp³-hybridized carbons (Fsp3) is 0.800. The molecule has 74 valence electrons. The van der Waals surface area contributed by atoms with Gasteiger partial charge in [-0.05, 0) is 19.3 Å². The molecule has 1 fully saturated rings. The number of Topliss-reactive ketones (excluding diaryl/α,β-unsaturated/α-hetero) is 1. The van der Waals surface area contributed by atoms with E-state index in [1.807, 2.05) is 13.8 Å². The number of carbonyl (C=O) groups excluding carboxylic acids is 2. The average molecular weight is 183 g/mol. The Balaban J connectivity index is 2.75. The van der Waals surface area contributed by atoms with Gasteiger partial charge in [-0.1, -0.05) is 13.8 Å². The van der Waals surface area contributed by atoms with Gasteiger partial charge in [0, 0.05) is 13.0 Å². The zero-order chi connectivity index (χ0) is 10.0. The van der Waals surface area contributed by atoms with E-state index in [-0.39, 0.29) is 17.7 Å². The highest BCUT2D eigenvalue weighted by Gasteiger charge is 2.36. The van der Waals surface area contributed by atoms with Crippen molar-refractivity contribution in [2.45, 2.75) is 39.7 Å². The third-order valence-corrected chi connectivity index (χ3v) is 2.74. The van der Waals surface area contributed by atoms with Gasteiger partial charge in [-0.3, -0.25) is 9.59 Å². The predicted octanol–water partition coefficient (Wildman–Crippen LogP) is 1.22. The fourth-order valence-electron chi connectivity index (χ4n) is 2.05. The first-order valence-electron chi connectivity index (χ1n) is 4.87. The van der Waals surface area contributed by atoms with Crippen LogP contribution < -0.4 is 0 Å². The molecule has 0 aromatic heterocycles. The largest absolute Gasteiger partial charge is 0.332 e. The molecule has 1 rings (SSSR count). The van der Waals surface area contributed by atoms with Gasteiger partial charge in [0.1, 0.15) is 0 Å². The maximum atomic E-state index is 11.4. The summed E-state index contributed by atoms with van der Waals surface area (Å²) in [6, 6.07) is -0.160. The molecule has 13 heavy (non-hydrogen) atoms. The Morgan fingerprint density at radius 1 is 1.46 bits per heavy atom. The summed E-state index contributed by atoms with van der Waals surface area (Å²) in [6.45, 7) is 6.19. The van der Waals surface area contributed by atoms with E-state index in [0.29, 0.717) is 12.3 Å². The van der Waals surface area contributed by atoms with E-state index in [2.05, 4.69) is 0 Å². The number of rotatable bonds is 2. The van der Waals surface area contributed by atoms with Crippen LogP contribution in [0.15, 0.2) is 0 Å². The second kappa shape index (κ2) is 3.90. The number of amides is 1. The molecular formula is C10H17NO2. The minimum Gasteiger partial charge on any atom is -0.332 e. The minimum absolute atomic E-state index is 0.101. The number of hydrogen-bond donors (Lipinski definition) is 0. The summed E-state index contributed by atoms with van der Waals surface area (Å²) < 4.78 is 0. The van der Waals surface area contributed by atoms with Crippen LogP contribution in [0.1, 0.15) is 33.6 Å². The van der Waals surface area contributed by atoms with E-state index in [4.69, 9.17) is 0 Å². The average Bonchev–Trinajstić information content (AvgIpc) is 2.45. The highest BCUT2D eigenvalue weighted by molar-refractivity contribution is 5.88. The van der Waals surface area contributed by atoms with Crippen LogP contribution in [-0.4, -0.2) is 29.2 Å². The predicted molar refractivity (Wildman–Crippen MR) is 50.3 cm³/mol. The molecule has 0 aliphatic carbocycles. The summed E-state index contributed by atoms with van der Waals surface area (Å²) in [7, 11) is 0. The normalized spacial score (nSPS) is 27.8. The lowest BCUT2D eigenvalue weighted by Gasteiger charge is -2.24. The van der Waals surface area contributed by atoms with Crippen LogP contribution in [0.3, 0.4) is 0 Å². The molecule has 1 heterocycles. The molecule has 1 aliphatic heterocycles. The SMILES string of the molecule is CCC(=O)N1CCC(C)C1C(C)=O. The Labute approximate surface area is 79.1 Å². The lowest BCUT2D eigenvalue weighted by Crippen LogP contribution is -2.41. The highest BCUT2D eigenvalue weighted by atomic mass is 16.2. The quantitative estimate of drug-likeness (QED) is 0.645. The summed E-state index contributed by atoms with van der Waals surface area (Å²) in [5.74, 6) is 0.546. The van der Waals surface area contributed by atoms with Crippen LogP contribution in [0.25, 0.3) is 0 Å². The first-order valence-corrected chi connectivity index (χ1v) is 4.87. The third kappa shape index (κ3) is 1.90. The molecule has 0 radical (unpaired) electrons. The van der Waals surface area contributed by atoms with Crippen molar-refractivity contribution in [1.82, 2.24) is 4.90 Å². The number of likely N-dealkylation sites (tertiary alicyclic amines) is 1. The van der Waals surface area contributed by atoms with Gasteiger partial charge >= 0.3 is 0 Å². The molecule has 2 atom stereocenters. The van der Waals surface area contributed by atoms with Gasteiger partial charge in [0.2, 0.25) is 5.91 Å².